The molecular weight excluding hydrogens is 214 g/mol. The van der Waals surface area contributed by atoms with Crippen molar-refractivity contribution < 1.29 is 0 Å². The van der Waals surface area contributed by atoms with Gasteiger partial charge in [0.15, 0.2) is 0 Å². The van der Waals surface area contributed by atoms with E-state index in [1.165, 1.54) is 16.7 Å². The van der Waals surface area contributed by atoms with E-state index in [9.17, 15) is 0 Å². The molecule has 1 aromatic rings. The van der Waals surface area contributed by atoms with Gasteiger partial charge in [-0.2, -0.15) is 11.8 Å². The van der Waals surface area contributed by atoms with Crippen molar-refractivity contribution >= 4 is 11.8 Å². The highest BCUT2D eigenvalue weighted by Gasteiger charge is 2.10. The first-order chi connectivity index (χ1) is 7.56. The summed E-state index contributed by atoms with van der Waals surface area (Å²) in [6.07, 6.45) is 3.19. The third-order valence-electron chi connectivity index (χ3n) is 3.00. The van der Waals surface area contributed by atoms with E-state index in [2.05, 4.69) is 45.2 Å². The van der Waals surface area contributed by atoms with Gasteiger partial charge in [-0.05, 0) is 48.0 Å². The molecule has 90 valence electrons. The standard InChI is InChI=1S/C14H23NS/c1-10(2)12-6-5-11(3)13(9-12)14(15)7-8-16-4/h5-6,9-10,14H,7-8,15H2,1-4H3. The van der Waals surface area contributed by atoms with Crippen LogP contribution >= 0.6 is 11.8 Å². The van der Waals surface area contributed by atoms with Crippen molar-refractivity contribution in [2.75, 3.05) is 12.0 Å². The number of aryl methyl sites for hydroxylation is 1. The van der Waals surface area contributed by atoms with Crippen LogP contribution in [0.1, 0.15) is 48.9 Å². The van der Waals surface area contributed by atoms with Crippen LogP contribution in [0.25, 0.3) is 0 Å². The van der Waals surface area contributed by atoms with Crippen LogP contribution in [0.2, 0.25) is 0 Å². The van der Waals surface area contributed by atoms with Crippen molar-refractivity contribution in [1.82, 2.24) is 0 Å². The zero-order chi connectivity index (χ0) is 12.1. The first-order valence-electron chi connectivity index (χ1n) is 5.91. The largest absolute Gasteiger partial charge is 0.324 e. The molecule has 1 atom stereocenters. The van der Waals surface area contributed by atoms with Crippen LogP contribution in [0.15, 0.2) is 18.2 Å². The summed E-state index contributed by atoms with van der Waals surface area (Å²) in [6.45, 7) is 6.60. The number of benzene rings is 1. The number of hydrogen-bond donors (Lipinski definition) is 1. The van der Waals surface area contributed by atoms with E-state index in [0.717, 1.165) is 12.2 Å². The summed E-state index contributed by atoms with van der Waals surface area (Å²) in [4.78, 5) is 0. The molecule has 1 aromatic carbocycles. The molecule has 0 bridgehead atoms. The maximum atomic E-state index is 6.24. The van der Waals surface area contributed by atoms with E-state index in [1.54, 1.807) is 0 Å². The molecule has 0 aliphatic heterocycles. The minimum atomic E-state index is 0.186. The van der Waals surface area contributed by atoms with Crippen molar-refractivity contribution in [2.24, 2.45) is 5.73 Å². The van der Waals surface area contributed by atoms with Crippen molar-refractivity contribution in [1.29, 1.82) is 0 Å². The summed E-state index contributed by atoms with van der Waals surface area (Å²) < 4.78 is 0. The topological polar surface area (TPSA) is 26.0 Å². The average Bonchev–Trinajstić information content (AvgIpc) is 2.26. The molecule has 0 aliphatic carbocycles. The fourth-order valence-electron chi connectivity index (χ4n) is 1.82. The van der Waals surface area contributed by atoms with Crippen LogP contribution in [0, 0.1) is 6.92 Å². The fraction of sp³-hybridized carbons (Fsp3) is 0.571. The molecule has 16 heavy (non-hydrogen) atoms. The minimum Gasteiger partial charge on any atom is -0.324 e. The molecule has 0 fully saturated rings. The molecule has 0 heterocycles. The van der Waals surface area contributed by atoms with Gasteiger partial charge in [0.2, 0.25) is 0 Å². The molecule has 2 heteroatoms. The van der Waals surface area contributed by atoms with E-state index >= 15 is 0 Å². The van der Waals surface area contributed by atoms with E-state index < -0.39 is 0 Å². The Morgan fingerprint density at radius 1 is 1.31 bits per heavy atom. The molecule has 1 nitrogen and oxygen atoms in total. The molecule has 0 aromatic heterocycles. The van der Waals surface area contributed by atoms with E-state index in [0.29, 0.717) is 5.92 Å². The normalized spacial score (nSPS) is 13.1. The molecule has 0 saturated carbocycles. The highest BCUT2D eigenvalue weighted by atomic mass is 32.2. The van der Waals surface area contributed by atoms with Crippen molar-refractivity contribution in [2.45, 2.75) is 39.2 Å². The molecule has 2 N–H and O–H groups in total. The first kappa shape index (κ1) is 13.6. The van der Waals surface area contributed by atoms with Crippen LogP contribution < -0.4 is 5.73 Å². The Morgan fingerprint density at radius 2 is 2.00 bits per heavy atom. The zero-order valence-electron chi connectivity index (χ0n) is 10.8. The lowest BCUT2D eigenvalue weighted by molar-refractivity contribution is 0.697. The first-order valence-corrected chi connectivity index (χ1v) is 7.30. The number of hydrogen-bond acceptors (Lipinski definition) is 2. The molecule has 1 rings (SSSR count). The van der Waals surface area contributed by atoms with Crippen molar-refractivity contribution in [3.05, 3.63) is 34.9 Å². The molecule has 0 aliphatic rings. The van der Waals surface area contributed by atoms with Gasteiger partial charge >= 0.3 is 0 Å². The van der Waals surface area contributed by atoms with Gasteiger partial charge in [-0.15, -0.1) is 0 Å². The van der Waals surface area contributed by atoms with Crippen LogP contribution in [0.5, 0.6) is 0 Å². The molecule has 0 saturated heterocycles. The highest BCUT2D eigenvalue weighted by Crippen LogP contribution is 2.24. The van der Waals surface area contributed by atoms with Gasteiger partial charge in [0.05, 0.1) is 0 Å². The summed E-state index contributed by atoms with van der Waals surface area (Å²) in [6, 6.07) is 6.88. The lowest BCUT2D eigenvalue weighted by atomic mass is 9.93. The molecular formula is C14H23NS. The van der Waals surface area contributed by atoms with E-state index in [4.69, 9.17) is 5.73 Å². The minimum absolute atomic E-state index is 0.186. The Balaban J connectivity index is 2.88. The van der Waals surface area contributed by atoms with Crippen molar-refractivity contribution in [3.63, 3.8) is 0 Å². The second-order valence-electron chi connectivity index (χ2n) is 4.66. The van der Waals surface area contributed by atoms with Crippen molar-refractivity contribution in [3.8, 4) is 0 Å². The van der Waals surface area contributed by atoms with Crippen LogP contribution in [0.3, 0.4) is 0 Å². The van der Waals surface area contributed by atoms with E-state index in [-0.39, 0.29) is 6.04 Å². The van der Waals surface area contributed by atoms with Gasteiger partial charge in [0.1, 0.15) is 0 Å². The summed E-state index contributed by atoms with van der Waals surface area (Å²) >= 11 is 1.86. The summed E-state index contributed by atoms with van der Waals surface area (Å²) in [5.74, 6) is 1.71. The lowest BCUT2D eigenvalue weighted by Gasteiger charge is -2.17. The number of rotatable bonds is 5. The van der Waals surface area contributed by atoms with Crippen LogP contribution in [-0.2, 0) is 0 Å². The van der Waals surface area contributed by atoms with Gasteiger partial charge in [-0.3, -0.25) is 0 Å². The second-order valence-corrected chi connectivity index (χ2v) is 5.64. The molecule has 0 radical (unpaired) electrons. The van der Waals surface area contributed by atoms with Gasteiger partial charge in [-0.1, -0.05) is 32.0 Å². The van der Waals surface area contributed by atoms with Gasteiger partial charge in [0.25, 0.3) is 0 Å². The predicted octanol–water partition coefficient (Wildman–Crippen LogP) is 3.87. The Bertz CT molecular complexity index is 334. The quantitative estimate of drug-likeness (QED) is 0.841. The summed E-state index contributed by atoms with van der Waals surface area (Å²) in [7, 11) is 0. The monoisotopic (exact) mass is 237 g/mol. The van der Waals surface area contributed by atoms with E-state index in [1.807, 2.05) is 11.8 Å². The zero-order valence-corrected chi connectivity index (χ0v) is 11.6. The van der Waals surface area contributed by atoms with Gasteiger partial charge < -0.3 is 5.73 Å². The number of thioether (sulfide) groups is 1. The smallest absolute Gasteiger partial charge is 0.0305 e. The van der Waals surface area contributed by atoms with Crippen LogP contribution in [0.4, 0.5) is 0 Å². The fourth-order valence-corrected chi connectivity index (χ4v) is 2.31. The summed E-state index contributed by atoms with van der Waals surface area (Å²) in [5, 5.41) is 0. The van der Waals surface area contributed by atoms with Gasteiger partial charge in [0, 0.05) is 6.04 Å². The Hall–Kier alpha value is -0.470. The van der Waals surface area contributed by atoms with Gasteiger partial charge in [-0.25, -0.2) is 0 Å². The molecule has 0 amide bonds. The Kier molecular flexibility index (Phi) is 5.36. The third-order valence-corrected chi connectivity index (χ3v) is 3.65. The number of nitrogens with two attached hydrogens (primary N) is 1. The molecule has 1 unspecified atom stereocenters. The second kappa shape index (κ2) is 6.31. The summed E-state index contributed by atoms with van der Waals surface area (Å²) in [5.41, 5.74) is 10.3. The maximum Gasteiger partial charge on any atom is 0.0305 e. The van der Waals surface area contributed by atoms with Crippen LogP contribution in [-0.4, -0.2) is 12.0 Å². The predicted molar refractivity (Wildman–Crippen MR) is 75.2 cm³/mol. The third kappa shape index (κ3) is 3.53. The Labute approximate surface area is 104 Å². The average molecular weight is 237 g/mol. The maximum absolute atomic E-state index is 6.24. The Morgan fingerprint density at radius 3 is 2.56 bits per heavy atom. The SMILES string of the molecule is CSCCC(N)c1cc(C(C)C)ccc1C. The molecule has 0 spiro atoms. The highest BCUT2D eigenvalue weighted by molar-refractivity contribution is 7.98. The lowest BCUT2D eigenvalue weighted by Crippen LogP contribution is -2.13.